The maximum atomic E-state index is 10.9. The molecule has 19 heavy (non-hydrogen) atoms. The number of aliphatic imine (C=N–C) groups is 1. The number of amidine groups is 1. The number of carboxylic acid groups (broad SMARTS) is 1. The van der Waals surface area contributed by atoms with E-state index in [-0.39, 0.29) is 11.1 Å². The second-order valence-electron chi connectivity index (χ2n) is 3.94. The van der Waals surface area contributed by atoms with Gasteiger partial charge >= 0.3 is 11.8 Å². The Labute approximate surface area is 113 Å². The Morgan fingerprint density at radius 3 is 3.05 bits per heavy atom. The van der Waals surface area contributed by atoms with Gasteiger partial charge in [-0.3, -0.25) is 0 Å². The van der Waals surface area contributed by atoms with Gasteiger partial charge < -0.3 is 5.11 Å². The topological polar surface area (TPSA) is 78.5 Å². The molecule has 2 aliphatic heterocycles. The van der Waals surface area contributed by atoms with Crippen molar-refractivity contribution in [3.8, 4) is 0 Å². The Kier molecular flexibility index (Phi) is 2.72. The molecule has 2 aliphatic rings. The molecule has 1 unspecified atom stereocenters. The molecule has 0 bridgehead atoms. The van der Waals surface area contributed by atoms with Gasteiger partial charge in [-0.05, 0) is 17.1 Å². The van der Waals surface area contributed by atoms with Crippen molar-refractivity contribution >= 4 is 35.2 Å². The molecule has 0 aromatic carbocycles. The van der Waals surface area contributed by atoms with E-state index in [2.05, 4.69) is 15.0 Å². The lowest BCUT2D eigenvalue weighted by Gasteiger charge is -2.10. The van der Waals surface area contributed by atoms with E-state index in [9.17, 15) is 4.79 Å². The van der Waals surface area contributed by atoms with Crippen molar-refractivity contribution in [3.05, 3.63) is 42.3 Å². The maximum absolute atomic E-state index is 10.9. The lowest BCUT2D eigenvalue weighted by atomic mass is 10.1. The van der Waals surface area contributed by atoms with Gasteiger partial charge in [0.15, 0.2) is 17.3 Å². The molecular formula is C12H8ClN4O2+. The maximum Gasteiger partial charge on any atom is 0.354 e. The Morgan fingerprint density at radius 1 is 1.42 bits per heavy atom. The molecule has 7 heteroatoms. The summed E-state index contributed by atoms with van der Waals surface area (Å²) < 4.78 is 1.79. The zero-order chi connectivity index (χ0) is 13.4. The van der Waals surface area contributed by atoms with Crippen LogP contribution in [0.3, 0.4) is 0 Å². The average Bonchev–Trinajstić information content (AvgIpc) is 2.87. The van der Waals surface area contributed by atoms with E-state index in [1.165, 1.54) is 12.4 Å². The predicted octanol–water partition coefficient (Wildman–Crippen LogP) is 1.15. The van der Waals surface area contributed by atoms with Crippen molar-refractivity contribution < 1.29 is 14.5 Å². The van der Waals surface area contributed by atoms with Crippen LogP contribution in [-0.4, -0.2) is 43.0 Å². The summed E-state index contributed by atoms with van der Waals surface area (Å²) in [5.74, 6) is -0.372. The van der Waals surface area contributed by atoms with Crippen LogP contribution in [0, 0.1) is 0 Å². The molecule has 0 amide bonds. The van der Waals surface area contributed by atoms with Crippen LogP contribution in [-0.2, 0) is 0 Å². The van der Waals surface area contributed by atoms with Crippen LogP contribution in [0.2, 0.25) is 0 Å². The number of halogens is 1. The quantitative estimate of drug-likeness (QED) is 0.649. The van der Waals surface area contributed by atoms with Crippen LogP contribution in [0.15, 0.2) is 35.9 Å². The highest BCUT2D eigenvalue weighted by atomic mass is 35.5. The van der Waals surface area contributed by atoms with Crippen LogP contribution >= 0.6 is 11.6 Å². The van der Waals surface area contributed by atoms with Crippen molar-refractivity contribution in [3.63, 3.8) is 0 Å². The molecule has 1 N–H and O–H groups in total. The number of nitrogens with zero attached hydrogens (tertiary/aromatic N) is 4. The summed E-state index contributed by atoms with van der Waals surface area (Å²) in [7, 11) is 0. The van der Waals surface area contributed by atoms with E-state index in [0.29, 0.717) is 5.69 Å². The van der Waals surface area contributed by atoms with Crippen molar-refractivity contribution in [2.24, 2.45) is 4.99 Å². The highest BCUT2D eigenvalue weighted by molar-refractivity contribution is 6.34. The number of hydrogen-bond donors (Lipinski definition) is 1. The fraction of sp³-hybridized carbons (Fsp3) is 0.0833. The molecular weight excluding hydrogens is 268 g/mol. The predicted molar refractivity (Wildman–Crippen MR) is 69.5 cm³/mol. The first-order valence-corrected chi connectivity index (χ1v) is 5.88. The van der Waals surface area contributed by atoms with Crippen LogP contribution in [0.5, 0.6) is 0 Å². The minimum atomic E-state index is -1.09. The largest absolute Gasteiger partial charge is 0.477 e. The second-order valence-corrected chi connectivity index (χ2v) is 4.41. The number of carboxylic acids is 1. The molecule has 1 atom stereocenters. The van der Waals surface area contributed by atoms with Gasteiger partial charge in [0, 0.05) is 5.57 Å². The molecule has 3 rings (SSSR count). The van der Waals surface area contributed by atoms with E-state index >= 15 is 0 Å². The first-order valence-electron chi connectivity index (χ1n) is 5.44. The highest BCUT2D eigenvalue weighted by Crippen LogP contribution is 2.20. The summed E-state index contributed by atoms with van der Waals surface area (Å²) >= 11 is 6.20. The molecule has 0 saturated carbocycles. The van der Waals surface area contributed by atoms with Gasteiger partial charge in [-0.15, -0.1) is 11.6 Å². The smallest absolute Gasteiger partial charge is 0.354 e. The number of aromatic nitrogens is 2. The summed E-state index contributed by atoms with van der Waals surface area (Å²) in [5.41, 5.74) is 1.19. The van der Waals surface area contributed by atoms with E-state index in [1.54, 1.807) is 29.3 Å². The van der Waals surface area contributed by atoms with Crippen LogP contribution in [0.25, 0.3) is 5.57 Å². The fourth-order valence-corrected chi connectivity index (χ4v) is 2.16. The first-order chi connectivity index (χ1) is 9.15. The Morgan fingerprint density at radius 2 is 2.26 bits per heavy atom. The molecule has 1 aromatic heterocycles. The molecule has 0 spiro atoms. The third-order valence-electron chi connectivity index (χ3n) is 2.73. The minimum absolute atomic E-state index is 0.0538. The van der Waals surface area contributed by atoms with Crippen molar-refractivity contribution in [1.29, 1.82) is 0 Å². The third kappa shape index (κ3) is 2.06. The van der Waals surface area contributed by atoms with Gasteiger partial charge in [-0.2, -0.15) is 0 Å². The van der Waals surface area contributed by atoms with Gasteiger partial charge in [0.25, 0.3) is 0 Å². The molecule has 0 radical (unpaired) electrons. The third-order valence-corrected chi connectivity index (χ3v) is 3.05. The van der Waals surface area contributed by atoms with Crippen LogP contribution in [0.4, 0.5) is 0 Å². The van der Waals surface area contributed by atoms with Gasteiger partial charge in [0.1, 0.15) is 18.7 Å². The van der Waals surface area contributed by atoms with Crippen molar-refractivity contribution in [2.75, 3.05) is 0 Å². The van der Waals surface area contributed by atoms with Gasteiger partial charge in [0.2, 0.25) is 0 Å². The molecule has 94 valence electrons. The van der Waals surface area contributed by atoms with Gasteiger partial charge in [-0.25, -0.2) is 19.3 Å². The summed E-state index contributed by atoms with van der Waals surface area (Å²) in [6, 6.07) is 1.41. The molecule has 0 saturated heterocycles. The second kappa shape index (κ2) is 4.40. The standard InChI is InChI=1S/C12H7ClN4O2/c13-8-3-7(5-17-2-1-14-11(8)17)9-4-10(12(18)19)16-6-15-9/h1-6,8H/p+1. The Balaban J connectivity index is 2.04. The molecule has 6 nitrogen and oxygen atoms in total. The lowest BCUT2D eigenvalue weighted by Crippen LogP contribution is -2.27. The molecule has 1 aromatic rings. The van der Waals surface area contributed by atoms with E-state index < -0.39 is 5.97 Å². The molecule has 3 heterocycles. The SMILES string of the molecule is O=C(O)c1cc(C2=CC(Cl)C3=NC=C[N+]3=C2)ncn1. The number of allylic oxidation sites excluding steroid dienone is 1. The molecule has 0 aliphatic carbocycles. The Bertz CT molecular complexity index is 691. The fourth-order valence-electron chi connectivity index (χ4n) is 1.86. The zero-order valence-corrected chi connectivity index (χ0v) is 10.3. The van der Waals surface area contributed by atoms with Gasteiger partial charge in [-0.1, -0.05) is 0 Å². The first kappa shape index (κ1) is 11.7. The van der Waals surface area contributed by atoms with E-state index in [1.807, 2.05) is 0 Å². The number of hydrogen-bond acceptors (Lipinski definition) is 4. The van der Waals surface area contributed by atoms with Crippen molar-refractivity contribution in [2.45, 2.75) is 5.38 Å². The highest BCUT2D eigenvalue weighted by Gasteiger charge is 2.30. The Hall–Kier alpha value is -2.34. The van der Waals surface area contributed by atoms with E-state index in [0.717, 1.165) is 11.4 Å². The zero-order valence-electron chi connectivity index (χ0n) is 9.56. The number of carbonyl (C=O) groups is 1. The monoisotopic (exact) mass is 275 g/mol. The average molecular weight is 276 g/mol. The van der Waals surface area contributed by atoms with E-state index in [4.69, 9.17) is 16.7 Å². The number of aromatic carboxylic acids is 1. The number of fused-ring (bicyclic) bond motifs is 1. The van der Waals surface area contributed by atoms with Crippen LogP contribution in [0.1, 0.15) is 16.2 Å². The summed E-state index contributed by atoms with van der Waals surface area (Å²) in [5, 5.41) is 8.55. The van der Waals surface area contributed by atoms with Crippen LogP contribution < -0.4 is 0 Å². The van der Waals surface area contributed by atoms with Gasteiger partial charge in [0.05, 0.1) is 5.69 Å². The lowest BCUT2D eigenvalue weighted by molar-refractivity contribution is -0.315. The summed E-state index contributed by atoms with van der Waals surface area (Å²) in [6.07, 6.45) is 8.23. The normalized spacial score (nSPS) is 20.5. The minimum Gasteiger partial charge on any atom is -0.477 e. The number of rotatable bonds is 2. The summed E-state index contributed by atoms with van der Waals surface area (Å²) in [4.78, 5) is 22.8. The molecule has 0 fully saturated rings. The summed E-state index contributed by atoms with van der Waals surface area (Å²) in [6.45, 7) is 0. The van der Waals surface area contributed by atoms with Crippen molar-refractivity contribution in [1.82, 2.24) is 9.97 Å². The number of alkyl halides is 1.